The molecule has 1 aliphatic rings. The molecule has 1 N–H and O–H groups in total. The molecule has 0 heterocycles. The van der Waals surface area contributed by atoms with Gasteiger partial charge >= 0.3 is 0 Å². The fourth-order valence-corrected chi connectivity index (χ4v) is 3.17. The molecule has 0 spiro atoms. The number of hydrogen-bond donors (Lipinski definition) is 1. The maximum absolute atomic E-state index is 12.9. The third kappa shape index (κ3) is 3.30. The number of aryl methyl sites for hydroxylation is 1. The highest BCUT2D eigenvalue weighted by molar-refractivity contribution is 6.01. The first kappa shape index (κ1) is 16.6. The van der Waals surface area contributed by atoms with Gasteiger partial charge < -0.3 is 10.1 Å². The first-order valence-corrected chi connectivity index (χ1v) is 8.73. The minimum Gasteiger partial charge on any atom is -0.496 e. The Morgan fingerprint density at radius 2 is 1.83 bits per heavy atom. The van der Waals surface area contributed by atoms with Crippen LogP contribution in [0.2, 0.25) is 0 Å². The lowest BCUT2D eigenvalue weighted by Crippen LogP contribution is -2.28. The van der Waals surface area contributed by atoms with Crippen LogP contribution in [-0.4, -0.2) is 13.0 Å². The van der Waals surface area contributed by atoms with Crippen LogP contribution < -0.4 is 10.1 Å². The Kier molecular flexibility index (Phi) is 4.89. The number of hydrogen-bond acceptors (Lipinski definition) is 2. The third-order valence-corrected chi connectivity index (χ3v) is 4.84. The molecule has 0 atom stereocenters. The lowest BCUT2D eigenvalue weighted by molar-refractivity contribution is -0.118. The maximum Gasteiger partial charge on any atom is 0.235 e. The quantitative estimate of drug-likeness (QED) is 0.801. The van der Waals surface area contributed by atoms with E-state index in [0.717, 1.165) is 36.3 Å². The Morgan fingerprint density at radius 1 is 1.12 bits per heavy atom. The molecule has 0 saturated heterocycles. The van der Waals surface area contributed by atoms with Crippen LogP contribution in [0.5, 0.6) is 5.75 Å². The number of nitrogens with one attached hydrogen (secondary N) is 1. The zero-order chi connectivity index (χ0) is 17.0. The van der Waals surface area contributed by atoms with Gasteiger partial charge in [0.05, 0.1) is 12.5 Å². The molecule has 3 heteroatoms. The number of para-hydroxylation sites is 1. The molecule has 0 unspecified atom stereocenters. The summed E-state index contributed by atoms with van der Waals surface area (Å²) in [6, 6.07) is 16.0. The second kappa shape index (κ2) is 7.08. The van der Waals surface area contributed by atoms with Crippen molar-refractivity contribution in [3.05, 3.63) is 59.7 Å². The average Bonchev–Trinajstić information content (AvgIpc) is 3.43. The number of rotatable bonds is 7. The summed E-state index contributed by atoms with van der Waals surface area (Å²) in [5.74, 6) is 0.855. The first-order valence-electron chi connectivity index (χ1n) is 8.73. The smallest absolute Gasteiger partial charge is 0.235 e. The standard InChI is InChI=1S/C21H25NO2/c1-3-4-7-16-10-12-17(13-11-16)22-20(23)21(14-15-21)18-8-5-6-9-19(18)24-2/h5-6,8-13H,3-4,7,14-15H2,1-2H3,(H,22,23). The van der Waals surface area contributed by atoms with E-state index in [-0.39, 0.29) is 5.91 Å². The minimum absolute atomic E-state index is 0.0632. The van der Waals surface area contributed by atoms with Gasteiger partial charge in [-0.25, -0.2) is 0 Å². The van der Waals surface area contributed by atoms with Gasteiger partial charge in [0, 0.05) is 11.3 Å². The van der Waals surface area contributed by atoms with Gasteiger partial charge in [-0.15, -0.1) is 0 Å². The Balaban J connectivity index is 1.72. The van der Waals surface area contributed by atoms with E-state index < -0.39 is 5.41 Å². The molecule has 0 radical (unpaired) electrons. The van der Waals surface area contributed by atoms with Crippen LogP contribution in [-0.2, 0) is 16.6 Å². The Hall–Kier alpha value is -2.29. The second-order valence-corrected chi connectivity index (χ2v) is 6.54. The molecule has 1 amide bonds. The van der Waals surface area contributed by atoms with E-state index >= 15 is 0 Å². The molecule has 0 aliphatic heterocycles. The molecule has 3 rings (SSSR count). The van der Waals surface area contributed by atoms with E-state index in [4.69, 9.17) is 4.74 Å². The van der Waals surface area contributed by atoms with E-state index in [9.17, 15) is 4.79 Å². The number of anilines is 1. The van der Waals surface area contributed by atoms with Gasteiger partial charge in [0.2, 0.25) is 5.91 Å². The van der Waals surface area contributed by atoms with Gasteiger partial charge in [-0.2, -0.15) is 0 Å². The van der Waals surface area contributed by atoms with Crippen LogP contribution in [0.15, 0.2) is 48.5 Å². The van der Waals surface area contributed by atoms with Crippen molar-refractivity contribution in [2.24, 2.45) is 0 Å². The topological polar surface area (TPSA) is 38.3 Å². The molecule has 1 saturated carbocycles. The summed E-state index contributed by atoms with van der Waals surface area (Å²) in [5, 5.41) is 3.08. The molecule has 0 aromatic heterocycles. The van der Waals surface area contributed by atoms with Gasteiger partial charge in [0.25, 0.3) is 0 Å². The fraction of sp³-hybridized carbons (Fsp3) is 0.381. The largest absolute Gasteiger partial charge is 0.496 e. The molecule has 0 bridgehead atoms. The van der Waals surface area contributed by atoms with E-state index in [1.807, 2.05) is 36.4 Å². The van der Waals surface area contributed by atoms with Crippen molar-refractivity contribution in [3.63, 3.8) is 0 Å². The SMILES string of the molecule is CCCCc1ccc(NC(=O)C2(c3ccccc3OC)CC2)cc1. The Bertz CT molecular complexity index is 702. The average molecular weight is 323 g/mol. The number of benzene rings is 2. The van der Waals surface area contributed by atoms with E-state index in [0.29, 0.717) is 0 Å². The molecule has 3 nitrogen and oxygen atoms in total. The number of unbranched alkanes of at least 4 members (excludes halogenated alkanes) is 1. The van der Waals surface area contributed by atoms with Crippen molar-refractivity contribution in [2.75, 3.05) is 12.4 Å². The zero-order valence-corrected chi connectivity index (χ0v) is 14.5. The number of carbonyl (C=O) groups excluding carboxylic acids is 1. The van der Waals surface area contributed by atoms with Crippen LogP contribution in [0.4, 0.5) is 5.69 Å². The van der Waals surface area contributed by atoms with Crippen molar-refractivity contribution >= 4 is 11.6 Å². The lowest BCUT2D eigenvalue weighted by atomic mass is 9.93. The van der Waals surface area contributed by atoms with Crippen LogP contribution in [0.1, 0.15) is 43.7 Å². The van der Waals surface area contributed by atoms with Gasteiger partial charge in [0.15, 0.2) is 0 Å². The van der Waals surface area contributed by atoms with Crippen molar-refractivity contribution in [2.45, 2.75) is 44.4 Å². The predicted molar refractivity (Wildman–Crippen MR) is 97.6 cm³/mol. The van der Waals surface area contributed by atoms with Gasteiger partial charge in [-0.1, -0.05) is 43.7 Å². The molecule has 2 aromatic rings. The van der Waals surface area contributed by atoms with E-state index in [1.54, 1.807) is 7.11 Å². The molecule has 24 heavy (non-hydrogen) atoms. The first-order chi connectivity index (χ1) is 11.7. The summed E-state index contributed by atoms with van der Waals surface area (Å²) in [6.07, 6.45) is 5.22. The van der Waals surface area contributed by atoms with Crippen molar-refractivity contribution in [1.82, 2.24) is 0 Å². The number of ether oxygens (including phenoxy) is 1. The number of carbonyl (C=O) groups is 1. The second-order valence-electron chi connectivity index (χ2n) is 6.54. The summed E-state index contributed by atoms with van der Waals surface area (Å²) in [5.41, 5.74) is 2.74. The van der Waals surface area contributed by atoms with E-state index in [1.165, 1.54) is 18.4 Å². The lowest BCUT2D eigenvalue weighted by Gasteiger charge is -2.18. The normalized spacial score (nSPS) is 14.9. The zero-order valence-electron chi connectivity index (χ0n) is 14.5. The van der Waals surface area contributed by atoms with Crippen LogP contribution in [0, 0.1) is 0 Å². The molecule has 2 aromatic carbocycles. The molecule has 126 valence electrons. The molecular weight excluding hydrogens is 298 g/mol. The van der Waals surface area contributed by atoms with Gasteiger partial charge in [-0.05, 0) is 49.4 Å². The van der Waals surface area contributed by atoms with Crippen molar-refractivity contribution in [1.29, 1.82) is 0 Å². The summed E-state index contributed by atoms with van der Waals surface area (Å²) < 4.78 is 5.45. The Labute approximate surface area is 144 Å². The summed E-state index contributed by atoms with van der Waals surface area (Å²) in [4.78, 5) is 12.9. The van der Waals surface area contributed by atoms with Crippen LogP contribution in [0.25, 0.3) is 0 Å². The minimum atomic E-state index is -0.437. The predicted octanol–water partition coefficient (Wildman–Crippen LogP) is 4.71. The number of amides is 1. The fourth-order valence-electron chi connectivity index (χ4n) is 3.17. The molecular formula is C21H25NO2. The molecule has 1 aliphatic carbocycles. The monoisotopic (exact) mass is 323 g/mol. The highest BCUT2D eigenvalue weighted by Crippen LogP contribution is 2.51. The molecule has 1 fully saturated rings. The highest BCUT2D eigenvalue weighted by Gasteiger charge is 2.52. The summed E-state index contributed by atoms with van der Waals surface area (Å²) >= 11 is 0. The maximum atomic E-state index is 12.9. The number of methoxy groups -OCH3 is 1. The van der Waals surface area contributed by atoms with Gasteiger partial charge in [-0.3, -0.25) is 4.79 Å². The highest BCUT2D eigenvalue weighted by atomic mass is 16.5. The van der Waals surface area contributed by atoms with Crippen molar-refractivity contribution < 1.29 is 9.53 Å². The van der Waals surface area contributed by atoms with Gasteiger partial charge in [0.1, 0.15) is 5.75 Å². The van der Waals surface area contributed by atoms with Crippen molar-refractivity contribution in [3.8, 4) is 5.75 Å². The summed E-state index contributed by atoms with van der Waals surface area (Å²) in [7, 11) is 1.65. The Morgan fingerprint density at radius 3 is 2.46 bits per heavy atom. The third-order valence-electron chi connectivity index (χ3n) is 4.84. The van der Waals surface area contributed by atoms with Crippen LogP contribution >= 0.6 is 0 Å². The summed E-state index contributed by atoms with van der Waals surface area (Å²) in [6.45, 7) is 2.20. The van der Waals surface area contributed by atoms with E-state index in [2.05, 4.69) is 24.4 Å². The van der Waals surface area contributed by atoms with Crippen LogP contribution in [0.3, 0.4) is 0 Å².